The van der Waals surface area contributed by atoms with E-state index in [2.05, 4.69) is 60.9 Å². The zero-order valence-electron chi connectivity index (χ0n) is 12.5. The van der Waals surface area contributed by atoms with Crippen LogP contribution < -0.4 is 0 Å². The Morgan fingerprint density at radius 1 is 1.10 bits per heavy atom. The van der Waals surface area contributed by atoms with Crippen molar-refractivity contribution in [1.82, 2.24) is 9.55 Å². The summed E-state index contributed by atoms with van der Waals surface area (Å²) in [6.45, 7) is 4.42. The van der Waals surface area contributed by atoms with Gasteiger partial charge in [0.2, 0.25) is 0 Å². The Hall–Kier alpha value is -2.13. The monoisotopic (exact) mass is 280 g/mol. The van der Waals surface area contributed by atoms with E-state index in [1.54, 1.807) is 0 Å². The fraction of sp³-hybridized carbons (Fsp3) is 0.278. The van der Waals surface area contributed by atoms with Crippen molar-refractivity contribution in [2.45, 2.75) is 26.7 Å². The van der Waals surface area contributed by atoms with E-state index in [1.165, 1.54) is 5.56 Å². The third-order valence-corrected chi connectivity index (χ3v) is 3.79. The molecule has 0 bridgehead atoms. The van der Waals surface area contributed by atoms with Crippen molar-refractivity contribution in [3.8, 4) is 5.69 Å². The summed E-state index contributed by atoms with van der Waals surface area (Å²) in [6.07, 6.45) is 1.59. The lowest BCUT2D eigenvalue weighted by Gasteiger charge is -2.09. The van der Waals surface area contributed by atoms with Crippen molar-refractivity contribution in [1.29, 1.82) is 0 Å². The molecule has 0 spiro atoms. The smallest absolute Gasteiger partial charge is 0.114 e. The van der Waals surface area contributed by atoms with E-state index in [0.29, 0.717) is 6.42 Å². The molecule has 0 saturated heterocycles. The summed E-state index contributed by atoms with van der Waals surface area (Å²) < 4.78 is 2.23. The van der Waals surface area contributed by atoms with Gasteiger partial charge in [0.25, 0.3) is 0 Å². The summed E-state index contributed by atoms with van der Waals surface area (Å²) in [5.74, 6) is 1.07. The molecule has 3 rings (SSSR count). The number of aryl methyl sites for hydroxylation is 2. The topological polar surface area (TPSA) is 38.0 Å². The number of fused-ring (bicyclic) bond motifs is 1. The maximum Gasteiger partial charge on any atom is 0.114 e. The van der Waals surface area contributed by atoms with Crippen molar-refractivity contribution >= 4 is 11.0 Å². The van der Waals surface area contributed by atoms with Crippen molar-refractivity contribution in [2.75, 3.05) is 6.61 Å². The zero-order valence-corrected chi connectivity index (χ0v) is 12.5. The normalized spacial score (nSPS) is 11.2. The number of imidazole rings is 1. The van der Waals surface area contributed by atoms with Gasteiger partial charge in [-0.3, -0.25) is 4.57 Å². The van der Waals surface area contributed by atoms with Gasteiger partial charge in [-0.05, 0) is 48.7 Å². The van der Waals surface area contributed by atoms with E-state index >= 15 is 0 Å². The molecule has 21 heavy (non-hydrogen) atoms. The summed E-state index contributed by atoms with van der Waals surface area (Å²) in [4.78, 5) is 4.73. The third kappa shape index (κ3) is 2.57. The fourth-order valence-corrected chi connectivity index (χ4v) is 2.70. The predicted octanol–water partition coefficient (Wildman–Crippen LogP) is 3.43. The first-order valence-corrected chi connectivity index (χ1v) is 7.41. The molecule has 3 aromatic rings. The van der Waals surface area contributed by atoms with Gasteiger partial charge in [-0.25, -0.2) is 4.98 Å². The van der Waals surface area contributed by atoms with Gasteiger partial charge in [-0.15, -0.1) is 0 Å². The minimum atomic E-state index is 0.187. The molecule has 0 atom stereocenters. The Morgan fingerprint density at radius 2 is 1.86 bits per heavy atom. The predicted molar refractivity (Wildman–Crippen MR) is 86.0 cm³/mol. The lowest BCUT2D eigenvalue weighted by Crippen LogP contribution is -2.00. The highest BCUT2D eigenvalue weighted by Gasteiger charge is 2.11. The molecule has 0 unspecified atom stereocenters. The maximum atomic E-state index is 9.01. The van der Waals surface area contributed by atoms with Gasteiger partial charge in [-0.1, -0.05) is 25.1 Å². The van der Waals surface area contributed by atoms with Crippen LogP contribution >= 0.6 is 0 Å². The van der Waals surface area contributed by atoms with Gasteiger partial charge in [0, 0.05) is 18.7 Å². The molecule has 0 aliphatic rings. The fourth-order valence-electron chi connectivity index (χ4n) is 2.70. The van der Waals surface area contributed by atoms with Crippen LogP contribution in [0.5, 0.6) is 0 Å². The van der Waals surface area contributed by atoms with E-state index < -0.39 is 0 Å². The molecular formula is C18H20N2O. The molecule has 3 heteroatoms. The number of aliphatic hydroxyl groups is 1. The number of benzene rings is 2. The van der Waals surface area contributed by atoms with Crippen LogP contribution in [0.2, 0.25) is 0 Å². The third-order valence-electron chi connectivity index (χ3n) is 3.79. The second-order valence-corrected chi connectivity index (χ2v) is 5.35. The average molecular weight is 280 g/mol. The summed E-state index contributed by atoms with van der Waals surface area (Å²) in [5, 5.41) is 9.01. The standard InChI is InChI=1S/C18H20N2O/c1-3-18-19-16-9-4-13(2)12-17(16)20(18)15-7-5-14(6-8-15)10-11-21/h4-9,12,21H,3,10-11H2,1-2H3. The molecule has 0 amide bonds. The first-order chi connectivity index (χ1) is 10.2. The number of rotatable bonds is 4. The summed E-state index contributed by atoms with van der Waals surface area (Å²) in [6, 6.07) is 14.7. The van der Waals surface area contributed by atoms with E-state index in [9.17, 15) is 0 Å². The molecule has 1 aromatic heterocycles. The van der Waals surface area contributed by atoms with Crippen LogP contribution in [0.3, 0.4) is 0 Å². The SMILES string of the molecule is CCc1nc2ccc(C)cc2n1-c1ccc(CCO)cc1. The van der Waals surface area contributed by atoms with Gasteiger partial charge in [0.05, 0.1) is 11.0 Å². The molecule has 3 nitrogen and oxygen atoms in total. The Labute approximate surface area is 124 Å². The van der Waals surface area contributed by atoms with Gasteiger partial charge >= 0.3 is 0 Å². The molecule has 1 N–H and O–H groups in total. The lowest BCUT2D eigenvalue weighted by atomic mass is 10.1. The molecular weight excluding hydrogens is 260 g/mol. The van der Waals surface area contributed by atoms with Gasteiger partial charge in [0.1, 0.15) is 5.82 Å². The quantitative estimate of drug-likeness (QED) is 0.795. The lowest BCUT2D eigenvalue weighted by molar-refractivity contribution is 0.299. The highest BCUT2D eigenvalue weighted by atomic mass is 16.2. The Bertz CT molecular complexity index is 757. The number of hydrogen-bond donors (Lipinski definition) is 1. The minimum Gasteiger partial charge on any atom is -0.396 e. The Balaban J connectivity index is 2.15. The van der Waals surface area contributed by atoms with E-state index in [0.717, 1.165) is 34.5 Å². The molecule has 108 valence electrons. The van der Waals surface area contributed by atoms with Crippen LogP contribution in [0.1, 0.15) is 23.9 Å². The largest absolute Gasteiger partial charge is 0.396 e. The van der Waals surface area contributed by atoms with Crippen molar-refractivity contribution in [2.24, 2.45) is 0 Å². The van der Waals surface area contributed by atoms with Crippen LogP contribution in [-0.4, -0.2) is 21.3 Å². The van der Waals surface area contributed by atoms with Crippen molar-refractivity contribution < 1.29 is 5.11 Å². The highest BCUT2D eigenvalue weighted by Crippen LogP contribution is 2.23. The number of aromatic nitrogens is 2. The average Bonchev–Trinajstić information content (AvgIpc) is 2.86. The van der Waals surface area contributed by atoms with Crippen LogP contribution in [0.15, 0.2) is 42.5 Å². The Morgan fingerprint density at radius 3 is 2.52 bits per heavy atom. The molecule has 0 aliphatic heterocycles. The van der Waals surface area contributed by atoms with E-state index in [-0.39, 0.29) is 6.61 Å². The molecule has 0 fully saturated rings. The van der Waals surface area contributed by atoms with E-state index in [4.69, 9.17) is 10.1 Å². The zero-order chi connectivity index (χ0) is 14.8. The van der Waals surface area contributed by atoms with Crippen LogP contribution in [0.4, 0.5) is 0 Å². The molecule has 0 radical (unpaired) electrons. The molecule has 0 aliphatic carbocycles. The first-order valence-electron chi connectivity index (χ1n) is 7.41. The number of nitrogens with zero attached hydrogens (tertiary/aromatic N) is 2. The first kappa shape index (κ1) is 13.8. The minimum absolute atomic E-state index is 0.187. The van der Waals surface area contributed by atoms with Gasteiger partial charge in [-0.2, -0.15) is 0 Å². The number of aliphatic hydroxyl groups excluding tert-OH is 1. The Kier molecular flexibility index (Phi) is 3.76. The van der Waals surface area contributed by atoms with Gasteiger partial charge in [0.15, 0.2) is 0 Å². The van der Waals surface area contributed by atoms with Crippen molar-refractivity contribution in [3.05, 3.63) is 59.4 Å². The maximum absolute atomic E-state index is 9.01. The molecule has 0 saturated carbocycles. The van der Waals surface area contributed by atoms with E-state index in [1.807, 2.05) is 0 Å². The second kappa shape index (κ2) is 5.70. The molecule has 2 aromatic carbocycles. The summed E-state index contributed by atoms with van der Waals surface area (Å²) in [7, 11) is 0. The number of hydrogen-bond acceptors (Lipinski definition) is 2. The summed E-state index contributed by atoms with van der Waals surface area (Å²) >= 11 is 0. The van der Waals surface area contributed by atoms with Crippen LogP contribution in [0.25, 0.3) is 16.7 Å². The van der Waals surface area contributed by atoms with Crippen molar-refractivity contribution in [3.63, 3.8) is 0 Å². The van der Waals surface area contributed by atoms with Gasteiger partial charge < -0.3 is 5.11 Å². The second-order valence-electron chi connectivity index (χ2n) is 5.35. The van der Waals surface area contributed by atoms with Crippen LogP contribution in [0, 0.1) is 6.92 Å². The highest BCUT2D eigenvalue weighted by molar-refractivity contribution is 5.79. The summed E-state index contributed by atoms with van der Waals surface area (Å²) in [5.41, 5.74) is 5.71. The van der Waals surface area contributed by atoms with Crippen LogP contribution in [-0.2, 0) is 12.8 Å². The molecule has 1 heterocycles.